The zero-order valence-electron chi connectivity index (χ0n) is 14.7. The van der Waals surface area contributed by atoms with Crippen molar-refractivity contribution in [2.75, 3.05) is 46.4 Å². The van der Waals surface area contributed by atoms with E-state index in [4.69, 9.17) is 4.74 Å². The summed E-state index contributed by atoms with van der Waals surface area (Å²) in [6.45, 7) is 4.31. The van der Waals surface area contributed by atoms with Crippen LogP contribution in [-0.2, 0) is 0 Å². The molecule has 1 aliphatic rings. The molecule has 7 nitrogen and oxygen atoms in total. The van der Waals surface area contributed by atoms with Crippen LogP contribution in [0.25, 0.3) is 0 Å². The summed E-state index contributed by atoms with van der Waals surface area (Å²) < 4.78 is 5.11. The molecule has 0 atom stereocenters. The minimum absolute atomic E-state index is 0.0999. The van der Waals surface area contributed by atoms with Gasteiger partial charge in [0.15, 0.2) is 0 Å². The summed E-state index contributed by atoms with van der Waals surface area (Å²) in [5.41, 5.74) is 1.20. The van der Waals surface area contributed by atoms with Gasteiger partial charge in [-0.15, -0.1) is 0 Å². The van der Waals surface area contributed by atoms with Crippen molar-refractivity contribution in [1.29, 1.82) is 0 Å². The molecule has 0 saturated carbocycles. The Labute approximate surface area is 156 Å². The van der Waals surface area contributed by atoms with Gasteiger partial charge in [-0.25, -0.2) is 4.98 Å². The van der Waals surface area contributed by atoms with Gasteiger partial charge >= 0.3 is 0 Å². The maximum absolute atomic E-state index is 12.3. The second-order valence-electron chi connectivity index (χ2n) is 5.96. The lowest BCUT2D eigenvalue weighted by Crippen LogP contribution is -2.50. The second kappa shape index (κ2) is 8.77. The van der Waals surface area contributed by atoms with Crippen LogP contribution in [0.4, 0.5) is 0 Å². The molecular weight excluding hydrogens is 352 g/mol. The molecule has 2 aromatic rings. The van der Waals surface area contributed by atoms with E-state index in [9.17, 15) is 9.59 Å². The monoisotopic (exact) mass is 374 g/mol. The van der Waals surface area contributed by atoms with Crippen molar-refractivity contribution in [3.05, 3.63) is 46.3 Å². The quantitative estimate of drug-likeness (QED) is 0.826. The van der Waals surface area contributed by atoms with E-state index in [-0.39, 0.29) is 11.8 Å². The molecule has 1 N–H and O–H groups in total. The number of pyridine rings is 1. The van der Waals surface area contributed by atoms with Gasteiger partial charge in [0, 0.05) is 50.8 Å². The number of thiophene rings is 1. The van der Waals surface area contributed by atoms with Gasteiger partial charge in [-0.1, -0.05) is 0 Å². The molecule has 1 aliphatic heterocycles. The number of aromatic nitrogens is 1. The summed E-state index contributed by atoms with van der Waals surface area (Å²) in [6, 6.07) is 5.26. The van der Waals surface area contributed by atoms with Crippen LogP contribution in [0.15, 0.2) is 35.2 Å². The van der Waals surface area contributed by atoms with Gasteiger partial charge in [0.2, 0.25) is 5.88 Å². The summed E-state index contributed by atoms with van der Waals surface area (Å²) in [4.78, 5) is 32.7. The molecule has 3 heterocycles. The average molecular weight is 374 g/mol. The maximum atomic E-state index is 12.3. The van der Waals surface area contributed by atoms with Crippen LogP contribution in [0.1, 0.15) is 20.7 Å². The molecule has 0 bridgehead atoms. The number of nitrogens with zero attached hydrogens (tertiary/aromatic N) is 3. The zero-order chi connectivity index (χ0) is 18.4. The van der Waals surface area contributed by atoms with Crippen molar-refractivity contribution < 1.29 is 14.3 Å². The number of amides is 2. The van der Waals surface area contributed by atoms with Crippen molar-refractivity contribution in [2.24, 2.45) is 0 Å². The first kappa shape index (κ1) is 18.3. The fraction of sp³-hybridized carbons (Fsp3) is 0.389. The van der Waals surface area contributed by atoms with E-state index in [0.717, 1.165) is 25.2 Å². The molecule has 26 heavy (non-hydrogen) atoms. The summed E-state index contributed by atoms with van der Waals surface area (Å²) >= 11 is 1.54. The predicted octanol–water partition coefficient (Wildman–Crippen LogP) is 1.34. The van der Waals surface area contributed by atoms with Gasteiger partial charge in [-0.2, -0.15) is 11.3 Å². The van der Waals surface area contributed by atoms with Crippen molar-refractivity contribution in [3.63, 3.8) is 0 Å². The Morgan fingerprint density at radius 1 is 1.27 bits per heavy atom. The molecule has 0 unspecified atom stereocenters. The number of ether oxygens (including phenoxy) is 1. The van der Waals surface area contributed by atoms with Crippen molar-refractivity contribution >= 4 is 23.2 Å². The van der Waals surface area contributed by atoms with Gasteiger partial charge < -0.3 is 15.0 Å². The summed E-state index contributed by atoms with van der Waals surface area (Å²) in [6.07, 6.45) is 1.59. The fourth-order valence-electron chi connectivity index (χ4n) is 2.89. The van der Waals surface area contributed by atoms with E-state index in [1.54, 1.807) is 18.3 Å². The highest BCUT2D eigenvalue weighted by Gasteiger charge is 2.22. The number of nitrogens with one attached hydrogen (secondary N) is 1. The molecule has 8 heteroatoms. The largest absolute Gasteiger partial charge is 0.480 e. The van der Waals surface area contributed by atoms with Gasteiger partial charge in [-0.3, -0.25) is 14.5 Å². The number of rotatable bonds is 6. The minimum Gasteiger partial charge on any atom is -0.480 e. The third-order valence-electron chi connectivity index (χ3n) is 4.35. The average Bonchev–Trinajstić information content (AvgIpc) is 3.22. The smallest absolute Gasteiger partial charge is 0.256 e. The van der Waals surface area contributed by atoms with Gasteiger partial charge in [0.05, 0.1) is 12.7 Å². The Hall–Kier alpha value is -2.45. The van der Waals surface area contributed by atoms with E-state index in [1.165, 1.54) is 18.4 Å². The second-order valence-corrected chi connectivity index (χ2v) is 6.74. The molecule has 0 spiro atoms. The standard InChI is InChI=1S/C18H22N4O3S/c1-25-17-15(3-2-5-20-17)16(23)19-6-7-21-8-10-22(11-9-21)18(24)14-4-12-26-13-14/h2-5,12-13H,6-11H2,1H3,(H,19,23). The topological polar surface area (TPSA) is 74.8 Å². The van der Waals surface area contributed by atoms with E-state index >= 15 is 0 Å². The molecule has 1 saturated heterocycles. The van der Waals surface area contributed by atoms with Crippen LogP contribution in [0.2, 0.25) is 0 Å². The van der Waals surface area contributed by atoms with Crippen molar-refractivity contribution in [1.82, 2.24) is 20.1 Å². The van der Waals surface area contributed by atoms with Crippen LogP contribution in [-0.4, -0.2) is 73.0 Å². The Morgan fingerprint density at radius 3 is 2.77 bits per heavy atom. The van der Waals surface area contributed by atoms with Gasteiger partial charge in [0.1, 0.15) is 5.56 Å². The van der Waals surface area contributed by atoms with E-state index in [1.807, 2.05) is 21.7 Å². The highest BCUT2D eigenvalue weighted by atomic mass is 32.1. The number of carbonyl (C=O) groups is 2. The predicted molar refractivity (Wildman–Crippen MR) is 99.8 cm³/mol. The summed E-state index contributed by atoms with van der Waals surface area (Å²) in [5.74, 6) is 0.231. The first-order valence-corrected chi connectivity index (χ1v) is 9.44. The van der Waals surface area contributed by atoms with Gasteiger partial charge in [-0.05, 0) is 23.6 Å². The van der Waals surface area contributed by atoms with Crippen LogP contribution in [0.5, 0.6) is 5.88 Å². The van der Waals surface area contributed by atoms with E-state index < -0.39 is 0 Å². The molecule has 0 aromatic carbocycles. The molecular formula is C18H22N4O3S. The highest BCUT2D eigenvalue weighted by molar-refractivity contribution is 7.08. The maximum Gasteiger partial charge on any atom is 0.256 e. The Balaban J connectivity index is 1.41. The Morgan fingerprint density at radius 2 is 2.08 bits per heavy atom. The number of methoxy groups -OCH3 is 1. The molecule has 138 valence electrons. The summed E-state index contributed by atoms with van der Waals surface area (Å²) in [5, 5.41) is 6.70. The van der Waals surface area contributed by atoms with E-state index in [2.05, 4.69) is 15.2 Å². The third kappa shape index (κ3) is 4.39. The molecule has 0 aliphatic carbocycles. The molecule has 2 aromatic heterocycles. The number of piperazine rings is 1. The Kier molecular flexibility index (Phi) is 6.19. The van der Waals surface area contributed by atoms with Crippen molar-refractivity contribution in [3.8, 4) is 5.88 Å². The van der Waals surface area contributed by atoms with Crippen LogP contribution in [0.3, 0.4) is 0 Å². The zero-order valence-corrected chi connectivity index (χ0v) is 15.5. The summed E-state index contributed by atoms with van der Waals surface area (Å²) in [7, 11) is 1.50. The Bertz CT molecular complexity index is 743. The highest BCUT2D eigenvalue weighted by Crippen LogP contribution is 2.13. The lowest BCUT2D eigenvalue weighted by Gasteiger charge is -2.34. The van der Waals surface area contributed by atoms with Crippen LogP contribution in [0, 0.1) is 0 Å². The third-order valence-corrected chi connectivity index (χ3v) is 5.03. The van der Waals surface area contributed by atoms with Crippen molar-refractivity contribution in [2.45, 2.75) is 0 Å². The lowest BCUT2D eigenvalue weighted by atomic mass is 10.2. The molecule has 1 fully saturated rings. The number of hydrogen-bond donors (Lipinski definition) is 1. The van der Waals surface area contributed by atoms with Crippen LogP contribution < -0.4 is 10.1 Å². The first-order valence-electron chi connectivity index (χ1n) is 8.50. The number of hydrogen-bond acceptors (Lipinski definition) is 6. The lowest BCUT2D eigenvalue weighted by molar-refractivity contribution is 0.0638. The molecule has 0 radical (unpaired) electrons. The molecule has 2 amide bonds. The molecule has 3 rings (SSSR count). The normalized spacial score (nSPS) is 14.9. The fourth-order valence-corrected chi connectivity index (χ4v) is 3.52. The number of carbonyl (C=O) groups excluding carboxylic acids is 2. The first-order chi connectivity index (χ1) is 12.7. The van der Waals surface area contributed by atoms with Gasteiger partial charge in [0.25, 0.3) is 11.8 Å². The van der Waals surface area contributed by atoms with E-state index in [0.29, 0.717) is 31.1 Å². The minimum atomic E-state index is -0.193. The SMILES string of the molecule is COc1ncccc1C(=O)NCCN1CCN(C(=O)c2ccsc2)CC1. The van der Waals surface area contributed by atoms with Crippen LogP contribution >= 0.6 is 11.3 Å².